The first-order valence-corrected chi connectivity index (χ1v) is 8.72. The maximum atomic E-state index is 4.95. The van der Waals surface area contributed by atoms with Crippen LogP contribution >= 0.6 is 11.3 Å². The van der Waals surface area contributed by atoms with Crippen LogP contribution in [0.4, 0.5) is 0 Å². The molecule has 0 spiro atoms. The fraction of sp³-hybridized carbons (Fsp3) is 0.500. The molecule has 1 heterocycles. The van der Waals surface area contributed by atoms with E-state index in [1.165, 1.54) is 52.4 Å². The number of thiazole rings is 1. The molecule has 0 bridgehead atoms. The van der Waals surface area contributed by atoms with E-state index < -0.39 is 0 Å². The van der Waals surface area contributed by atoms with Crippen LogP contribution in [0.2, 0.25) is 0 Å². The van der Waals surface area contributed by atoms with E-state index in [1.54, 1.807) is 0 Å². The standard InChI is InChI=1S/C18H23NS/c1-3-13-9-11-15(12-10-13)18-17(14-7-5-6-8-14)19-16(4-2)20-18/h9-12,14H,3-8H2,1-2H3. The zero-order chi connectivity index (χ0) is 13.9. The topological polar surface area (TPSA) is 12.9 Å². The van der Waals surface area contributed by atoms with Gasteiger partial charge in [-0.05, 0) is 36.8 Å². The number of aromatic nitrogens is 1. The summed E-state index contributed by atoms with van der Waals surface area (Å²) in [6.45, 7) is 4.42. The monoisotopic (exact) mass is 285 g/mol. The highest BCUT2D eigenvalue weighted by Crippen LogP contribution is 2.41. The summed E-state index contributed by atoms with van der Waals surface area (Å²) in [5.41, 5.74) is 4.16. The normalized spacial score (nSPS) is 15.9. The Labute approximate surface area is 126 Å². The summed E-state index contributed by atoms with van der Waals surface area (Å²) in [5, 5.41) is 1.29. The molecular weight excluding hydrogens is 262 g/mol. The van der Waals surface area contributed by atoms with Crippen LogP contribution in [0, 0.1) is 0 Å². The van der Waals surface area contributed by atoms with Crippen molar-refractivity contribution in [3.63, 3.8) is 0 Å². The van der Waals surface area contributed by atoms with Gasteiger partial charge in [-0.2, -0.15) is 0 Å². The average molecular weight is 285 g/mol. The van der Waals surface area contributed by atoms with Crippen LogP contribution in [-0.2, 0) is 12.8 Å². The van der Waals surface area contributed by atoms with Crippen LogP contribution in [-0.4, -0.2) is 4.98 Å². The molecule has 1 saturated carbocycles. The van der Waals surface area contributed by atoms with E-state index in [9.17, 15) is 0 Å². The minimum atomic E-state index is 0.701. The van der Waals surface area contributed by atoms with Crippen LogP contribution in [0.3, 0.4) is 0 Å². The summed E-state index contributed by atoms with van der Waals surface area (Å²) < 4.78 is 0. The Bertz CT molecular complexity index is 562. The van der Waals surface area contributed by atoms with Crippen molar-refractivity contribution in [2.24, 2.45) is 0 Å². The fourth-order valence-corrected chi connectivity index (χ4v) is 4.20. The van der Waals surface area contributed by atoms with Gasteiger partial charge in [0.2, 0.25) is 0 Å². The van der Waals surface area contributed by atoms with Crippen LogP contribution < -0.4 is 0 Å². The van der Waals surface area contributed by atoms with Gasteiger partial charge < -0.3 is 0 Å². The predicted octanol–water partition coefficient (Wildman–Crippen LogP) is 5.59. The Morgan fingerprint density at radius 2 is 1.75 bits per heavy atom. The van der Waals surface area contributed by atoms with Gasteiger partial charge in [-0.25, -0.2) is 4.98 Å². The van der Waals surface area contributed by atoms with E-state index in [1.807, 2.05) is 11.3 Å². The number of rotatable bonds is 4. The van der Waals surface area contributed by atoms with Gasteiger partial charge in [0.15, 0.2) is 0 Å². The van der Waals surface area contributed by atoms with Gasteiger partial charge >= 0.3 is 0 Å². The second-order valence-electron chi connectivity index (χ2n) is 5.71. The maximum Gasteiger partial charge on any atom is 0.0932 e. The quantitative estimate of drug-likeness (QED) is 0.713. The van der Waals surface area contributed by atoms with Crippen molar-refractivity contribution >= 4 is 11.3 Å². The number of hydrogen-bond acceptors (Lipinski definition) is 2. The molecule has 106 valence electrons. The summed E-state index contributed by atoms with van der Waals surface area (Å²) in [6.07, 6.45) is 7.56. The maximum absolute atomic E-state index is 4.95. The highest BCUT2D eigenvalue weighted by molar-refractivity contribution is 7.15. The van der Waals surface area contributed by atoms with Gasteiger partial charge in [0.1, 0.15) is 0 Å². The second kappa shape index (κ2) is 6.09. The lowest BCUT2D eigenvalue weighted by molar-refractivity contribution is 0.701. The third-order valence-electron chi connectivity index (χ3n) is 4.37. The molecule has 20 heavy (non-hydrogen) atoms. The number of hydrogen-bond donors (Lipinski definition) is 0. The summed E-state index contributed by atoms with van der Waals surface area (Å²) in [4.78, 5) is 6.38. The van der Waals surface area contributed by atoms with Gasteiger partial charge in [-0.1, -0.05) is 51.0 Å². The molecule has 1 aromatic carbocycles. The molecule has 1 aliphatic rings. The third kappa shape index (κ3) is 2.67. The minimum Gasteiger partial charge on any atom is -0.245 e. The van der Waals surface area contributed by atoms with E-state index in [-0.39, 0.29) is 0 Å². The highest BCUT2D eigenvalue weighted by Gasteiger charge is 2.24. The zero-order valence-electron chi connectivity index (χ0n) is 12.5. The van der Waals surface area contributed by atoms with Gasteiger partial charge in [0.05, 0.1) is 15.6 Å². The van der Waals surface area contributed by atoms with Crippen LogP contribution in [0.25, 0.3) is 10.4 Å². The van der Waals surface area contributed by atoms with E-state index in [2.05, 4.69) is 38.1 Å². The Hall–Kier alpha value is -1.15. The lowest BCUT2D eigenvalue weighted by atomic mass is 9.99. The molecule has 1 aromatic heterocycles. The first-order chi connectivity index (χ1) is 9.81. The smallest absolute Gasteiger partial charge is 0.0932 e. The van der Waals surface area contributed by atoms with E-state index in [0.29, 0.717) is 5.92 Å². The first kappa shape index (κ1) is 13.8. The summed E-state index contributed by atoms with van der Waals surface area (Å²) in [7, 11) is 0. The van der Waals surface area contributed by atoms with Crippen LogP contribution in [0.15, 0.2) is 24.3 Å². The molecule has 0 amide bonds. The van der Waals surface area contributed by atoms with E-state index in [0.717, 1.165) is 12.8 Å². The SMILES string of the molecule is CCc1ccc(-c2sc(CC)nc2C2CCCC2)cc1. The third-order valence-corrected chi connectivity index (χ3v) is 5.63. The van der Waals surface area contributed by atoms with E-state index in [4.69, 9.17) is 4.98 Å². The zero-order valence-corrected chi connectivity index (χ0v) is 13.3. The molecule has 1 fully saturated rings. The summed E-state index contributed by atoms with van der Waals surface area (Å²) in [5.74, 6) is 0.701. The molecule has 0 unspecified atom stereocenters. The molecule has 3 rings (SSSR count). The lowest BCUT2D eigenvalue weighted by Gasteiger charge is -2.09. The highest BCUT2D eigenvalue weighted by atomic mass is 32.1. The number of aryl methyl sites for hydroxylation is 2. The van der Waals surface area contributed by atoms with Crippen molar-refractivity contribution in [3.8, 4) is 10.4 Å². The van der Waals surface area contributed by atoms with Gasteiger partial charge in [0.25, 0.3) is 0 Å². The Kier molecular flexibility index (Phi) is 4.21. The van der Waals surface area contributed by atoms with Crippen molar-refractivity contribution in [1.82, 2.24) is 4.98 Å². The van der Waals surface area contributed by atoms with Crippen LogP contribution in [0.5, 0.6) is 0 Å². The molecule has 0 radical (unpaired) electrons. The van der Waals surface area contributed by atoms with Gasteiger partial charge in [-0.15, -0.1) is 11.3 Å². The van der Waals surface area contributed by atoms with Gasteiger partial charge in [-0.3, -0.25) is 0 Å². The number of nitrogens with zero attached hydrogens (tertiary/aromatic N) is 1. The molecule has 0 saturated heterocycles. The largest absolute Gasteiger partial charge is 0.245 e. The Morgan fingerprint density at radius 3 is 2.35 bits per heavy atom. The Balaban J connectivity index is 1.99. The van der Waals surface area contributed by atoms with E-state index >= 15 is 0 Å². The number of benzene rings is 1. The molecule has 2 aromatic rings. The summed E-state index contributed by atoms with van der Waals surface area (Å²) in [6, 6.07) is 9.09. The first-order valence-electron chi connectivity index (χ1n) is 7.90. The molecule has 0 aliphatic heterocycles. The second-order valence-corrected chi connectivity index (χ2v) is 6.79. The summed E-state index contributed by atoms with van der Waals surface area (Å²) >= 11 is 1.90. The molecule has 1 nitrogen and oxygen atoms in total. The van der Waals surface area contributed by atoms with Crippen molar-refractivity contribution in [1.29, 1.82) is 0 Å². The van der Waals surface area contributed by atoms with Crippen molar-refractivity contribution in [3.05, 3.63) is 40.5 Å². The minimum absolute atomic E-state index is 0.701. The average Bonchev–Trinajstić information content (AvgIpc) is 3.16. The van der Waals surface area contributed by atoms with Crippen molar-refractivity contribution in [2.45, 2.75) is 58.3 Å². The fourth-order valence-electron chi connectivity index (χ4n) is 3.10. The molecule has 0 N–H and O–H groups in total. The van der Waals surface area contributed by atoms with Crippen molar-refractivity contribution in [2.75, 3.05) is 0 Å². The molecule has 2 heteroatoms. The van der Waals surface area contributed by atoms with Gasteiger partial charge in [0, 0.05) is 5.92 Å². The van der Waals surface area contributed by atoms with Crippen LogP contribution in [0.1, 0.15) is 61.7 Å². The molecule has 1 aliphatic carbocycles. The molecular formula is C18H23NS. The predicted molar refractivity (Wildman–Crippen MR) is 87.5 cm³/mol. The Morgan fingerprint density at radius 1 is 1.05 bits per heavy atom. The molecule has 0 atom stereocenters. The van der Waals surface area contributed by atoms with Crippen molar-refractivity contribution < 1.29 is 0 Å². The lowest BCUT2D eigenvalue weighted by Crippen LogP contribution is -1.95.